The number of rotatable bonds is 3. The van der Waals surface area contributed by atoms with E-state index >= 15 is 0 Å². The highest BCUT2D eigenvalue weighted by Gasteiger charge is 2.17. The number of pyridine rings is 2. The van der Waals surface area contributed by atoms with Gasteiger partial charge in [0.2, 0.25) is 5.95 Å². The number of halogens is 3. The van der Waals surface area contributed by atoms with Crippen LogP contribution in [0.1, 0.15) is 41.5 Å². The molecule has 2 aromatic rings. The number of aromatic nitrogens is 2. The summed E-state index contributed by atoms with van der Waals surface area (Å²) in [4.78, 5) is 27.5. The van der Waals surface area contributed by atoms with Gasteiger partial charge in [-0.3, -0.25) is 0 Å². The Morgan fingerprint density at radius 2 is 1.38 bits per heavy atom. The van der Waals surface area contributed by atoms with E-state index in [9.17, 15) is 22.8 Å². The molecule has 7 nitrogen and oxygen atoms in total. The number of carboxylic acid groups (broad SMARTS) is 2. The first kappa shape index (κ1) is 20.9. The van der Waals surface area contributed by atoms with Gasteiger partial charge in [0.25, 0.3) is 0 Å². The summed E-state index contributed by atoms with van der Waals surface area (Å²) in [6, 6.07) is 1.52. The molecule has 0 aliphatic carbocycles. The molecule has 0 aliphatic rings. The Labute approximate surface area is 146 Å². The lowest BCUT2D eigenvalue weighted by Crippen LogP contribution is -2.28. The number of carboxylic acids is 2. The van der Waals surface area contributed by atoms with E-state index < -0.39 is 35.1 Å². The van der Waals surface area contributed by atoms with Crippen LogP contribution in [0, 0.1) is 17.6 Å². The fourth-order valence-corrected chi connectivity index (χ4v) is 1.63. The van der Waals surface area contributed by atoms with E-state index in [1.165, 1.54) is 0 Å². The zero-order valence-electron chi connectivity index (χ0n) is 14.0. The van der Waals surface area contributed by atoms with E-state index in [1.807, 2.05) is 20.8 Å². The molecule has 0 unspecified atom stereocenters. The van der Waals surface area contributed by atoms with Gasteiger partial charge in [-0.25, -0.2) is 28.3 Å². The average Bonchev–Trinajstić information content (AvgIpc) is 2.50. The van der Waals surface area contributed by atoms with Crippen molar-refractivity contribution >= 4 is 17.8 Å². The van der Waals surface area contributed by atoms with Gasteiger partial charge in [0, 0.05) is 5.54 Å². The SMILES string of the molecule is CC(C)(C)Nc1ncc(F)cc1C(=O)O.O=C(O)c1cc(F)cnc1F. The maximum atomic E-state index is 12.8. The second kappa shape index (κ2) is 8.28. The van der Waals surface area contributed by atoms with Gasteiger partial charge in [0.15, 0.2) is 0 Å². The molecule has 0 fully saturated rings. The molecule has 2 aromatic heterocycles. The van der Waals surface area contributed by atoms with Crippen molar-refractivity contribution < 1.29 is 33.0 Å². The molecule has 0 aliphatic heterocycles. The molecule has 3 N–H and O–H groups in total. The summed E-state index contributed by atoms with van der Waals surface area (Å²) in [5.74, 6) is -5.27. The van der Waals surface area contributed by atoms with Gasteiger partial charge in [-0.1, -0.05) is 0 Å². The number of anilines is 1. The van der Waals surface area contributed by atoms with Crippen LogP contribution in [0.2, 0.25) is 0 Å². The number of hydrogen-bond donors (Lipinski definition) is 3. The van der Waals surface area contributed by atoms with Gasteiger partial charge in [-0.2, -0.15) is 4.39 Å². The molecule has 0 saturated heterocycles. The molecule has 0 aromatic carbocycles. The van der Waals surface area contributed by atoms with E-state index in [0.717, 1.165) is 12.3 Å². The number of aromatic carboxylic acids is 2. The van der Waals surface area contributed by atoms with Crippen LogP contribution >= 0.6 is 0 Å². The maximum absolute atomic E-state index is 12.8. The average molecular weight is 371 g/mol. The molecule has 2 rings (SSSR count). The summed E-state index contributed by atoms with van der Waals surface area (Å²) >= 11 is 0. The summed E-state index contributed by atoms with van der Waals surface area (Å²) in [7, 11) is 0. The maximum Gasteiger partial charge on any atom is 0.340 e. The standard InChI is InChI=1S/C10H13FN2O2.C6H3F2NO2/c1-10(2,3)13-8-7(9(14)15)4-6(11)5-12-8;7-3-1-4(6(10)11)5(8)9-2-3/h4-5H,1-3H3,(H,12,13)(H,14,15);1-2H,(H,10,11). The van der Waals surface area contributed by atoms with Crippen molar-refractivity contribution in [2.45, 2.75) is 26.3 Å². The Hall–Kier alpha value is -3.17. The fraction of sp³-hybridized carbons (Fsp3) is 0.250. The predicted octanol–water partition coefficient (Wildman–Crippen LogP) is 3.19. The molecule has 0 saturated carbocycles. The Balaban J connectivity index is 0.000000273. The van der Waals surface area contributed by atoms with Crippen molar-refractivity contribution in [1.82, 2.24) is 9.97 Å². The summed E-state index contributed by atoms with van der Waals surface area (Å²) in [5.41, 5.74) is -1.25. The molecule has 140 valence electrons. The highest BCUT2D eigenvalue weighted by atomic mass is 19.1. The third-order valence-corrected chi connectivity index (χ3v) is 2.61. The quantitative estimate of drug-likeness (QED) is 0.710. The smallest absolute Gasteiger partial charge is 0.340 e. The van der Waals surface area contributed by atoms with Crippen LogP contribution < -0.4 is 5.32 Å². The van der Waals surface area contributed by atoms with Crippen LogP contribution in [0.15, 0.2) is 24.5 Å². The molecule has 2 heterocycles. The van der Waals surface area contributed by atoms with Crippen LogP contribution in [0.5, 0.6) is 0 Å². The van der Waals surface area contributed by atoms with Crippen molar-refractivity contribution in [3.8, 4) is 0 Å². The third-order valence-electron chi connectivity index (χ3n) is 2.61. The monoisotopic (exact) mass is 371 g/mol. The van der Waals surface area contributed by atoms with Crippen LogP contribution in [0.4, 0.5) is 19.0 Å². The molecular formula is C16H16F3N3O4. The molecule has 0 radical (unpaired) electrons. The minimum absolute atomic E-state index is 0.162. The Bertz CT molecular complexity index is 823. The second-order valence-electron chi connectivity index (χ2n) is 6.03. The fourth-order valence-electron chi connectivity index (χ4n) is 1.63. The molecule has 0 atom stereocenters. The molecule has 26 heavy (non-hydrogen) atoms. The minimum atomic E-state index is -1.53. The van der Waals surface area contributed by atoms with Crippen molar-refractivity contribution in [2.24, 2.45) is 0 Å². The first-order valence-electron chi connectivity index (χ1n) is 7.12. The van der Waals surface area contributed by atoms with E-state index in [0.29, 0.717) is 12.3 Å². The molecular weight excluding hydrogens is 355 g/mol. The topological polar surface area (TPSA) is 112 Å². The summed E-state index contributed by atoms with van der Waals surface area (Å²) in [5, 5.41) is 20.0. The summed E-state index contributed by atoms with van der Waals surface area (Å²) < 4.78 is 37.4. The predicted molar refractivity (Wildman–Crippen MR) is 85.6 cm³/mol. The van der Waals surface area contributed by atoms with Gasteiger partial charge in [-0.15, -0.1) is 0 Å². The lowest BCUT2D eigenvalue weighted by atomic mass is 10.1. The van der Waals surface area contributed by atoms with Crippen molar-refractivity contribution in [1.29, 1.82) is 0 Å². The summed E-state index contributed by atoms with van der Waals surface area (Å²) in [6.07, 6.45) is 1.60. The van der Waals surface area contributed by atoms with Gasteiger partial charge in [0.1, 0.15) is 28.6 Å². The normalized spacial score (nSPS) is 10.5. The van der Waals surface area contributed by atoms with E-state index in [2.05, 4.69) is 15.3 Å². The van der Waals surface area contributed by atoms with Gasteiger partial charge < -0.3 is 15.5 Å². The van der Waals surface area contributed by atoms with Crippen LogP contribution in [0.25, 0.3) is 0 Å². The Morgan fingerprint density at radius 3 is 1.81 bits per heavy atom. The number of nitrogens with zero attached hydrogens (tertiary/aromatic N) is 2. The summed E-state index contributed by atoms with van der Waals surface area (Å²) in [6.45, 7) is 5.59. The lowest BCUT2D eigenvalue weighted by Gasteiger charge is -2.22. The largest absolute Gasteiger partial charge is 0.478 e. The lowest BCUT2D eigenvalue weighted by molar-refractivity contribution is 0.0682. The van der Waals surface area contributed by atoms with E-state index in [-0.39, 0.29) is 16.9 Å². The third kappa shape index (κ3) is 6.38. The molecule has 0 amide bonds. The highest BCUT2D eigenvalue weighted by Crippen LogP contribution is 2.18. The number of carbonyl (C=O) groups is 2. The van der Waals surface area contributed by atoms with Crippen LogP contribution in [-0.4, -0.2) is 37.7 Å². The first-order valence-corrected chi connectivity index (χ1v) is 7.12. The molecule has 0 bridgehead atoms. The number of nitrogens with one attached hydrogen (secondary N) is 1. The number of hydrogen-bond acceptors (Lipinski definition) is 5. The zero-order valence-corrected chi connectivity index (χ0v) is 14.0. The van der Waals surface area contributed by atoms with E-state index in [1.54, 1.807) is 0 Å². The Kier molecular flexibility index (Phi) is 6.64. The van der Waals surface area contributed by atoms with Crippen molar-refractivity contribution in [3.05, 3.63) is 53.2 Å². The van der Waals surface area contributed by atoms with Crippen molar-refractivity contribution in [3.63, 3.8) is 0 Å². The van der Waals surface area contributed by atoms with Crippen molar-refractivity contribution in [2.75, 3.05) is 5.32 Å². The van der Waals surface area contributed by atoms with Gasteiger partial charge in [0.05, 0.1) is 12.4 Å². The first-order chi connectivity index (χ1) is 11.9. The molecule has 0 spiro atoms. The van der Waals surface area contributed by atoms with Gasteiger partial charge in [-0.05, 0) is 32.9 Å². The highest BCUT2D eigenvalue weighted by molar-refractivity contribution is 5.93. The molecule has 10 heteroatoms. The van der Waals surface area contributed by atoms with Gasteiger partial charge >= 0.3 is 11.9 Å². The van der Waals surface area contributed by atoms with Crippen LogP contribution in [-0.2, 0) is 0 Å². The minimum Gasteiger partial charge on any atom is -0.478 e. The zero-order chi connectivity index (χ0) is 20.1. The Morgan fingerprint density at radius 1 is 0.923 bits per heavy atom. The van der Waals surface area contributed by atoms with E-state index in [4.69, 9.17) is 10.2 Å². The second-order valence-corrected chi connectivity index (χ2v) is 6.03. The van der Waals surface area contributed by atoms with Crippen LogP contribution in [0.3, 0.4) is 0 Å².